The third-order valence-corrected chi connectivity index (χ3v) is 4.24. The van der Waals surface area contributed by atoms with Gasteiger partial charge in [0.2, 0.25) is 0 Å². The van der Waals surface area contributed by atoms with Crippen molar-refractivity contribution in [1.82, 2.24) is 10.6 Å². The number of hydrogen-bond donors (Lipinski definition) is 3. The second-order valence-corrected chi connectivity index (χ2v) is 5.75. The van der Waals surface area contributed by atoms with Crippen LogP contribution in [0.25, 0.3) is 0 Å². The highest BCUT2D eigenvalue weighted by atomic mass is 16.4. The number of urea groups is 1. The normalized spacial score (nSPS) is 23.3. The third kappa shape index (κ3) is 5.39. The molecular weight excluding hydrogens is 256 g/mol. The number of carboxylic acids is 1. The van der Waals surface area contributed by atoms with Crippen LogP contribution < -0.4 is 10.6 Å². The predicted octanol–water partition coefficient (Wildman–Crippen LogP) is 2.76. The first-order chi connectivity index (χ1) is 9.58. The number of nitrogens with one attached hydrogen (secondary N) is 2. The van der Waals surface area contributed by atoms with E-state index < -0.39 is 11.9 Å². The standard InChI is InChI=1S/C15H28N2O3/c1-3-5-7-11(4-2)10-16-15(20)17-13-9-6-8-12(13)14(18)19/h11-13H,3-10H2,1-2H3,(H,18,19)(H2,16,17,20). The molecule has 0 bridgehead atoms. The summed E-state index contributed by atoms with van der Waals surface area (Å²) in [4.78, 5) is 22.9. The Morgan fingerprint density at radius 1 is 1.30 bits per heavy atom. The zero-order valence-electron chi connectivity index (χ0n) is 12.7. The minimum Gasteiger partial charge on any atom is -0.481 e. The number of hydrogen-bond acceptors (Lipinski definition) is 2. The van der Waals surface area contributed by atoms with Crippen LogP contribution in [0.3, 0.4) is 0 Å². The minimum absolute atomic E-state index is 0.219. The van der Waals surface area contributed by atoms with Gasteiger partial charge in [0.25, 0.3) is 0 Å². The molecule has 1 saturated carbocycles. The second kappa shape index (κ2) is 8.82. The largest absolute Gasteiger partial charge is 0.481 e. The maximum atomic E-state index is 11.8. The fourth-order valence-corrected chi connectivity index (χ4v) is 2.83. The highest BCUT2D eigenvalue weighted by molar-refractivity contribution is 5.77. The summed E-state index contributed by atoms with van der Waals surface area (Å²) in [5, 5.41) is 14.8. The smallest absolute Gasteiger partial charge is 0.315 e. The lowest BCUT2D eigenvalue weighted by Crippen LogP contribution is -2.46. The molecule has 0 heterocycles. The van der Waals surface area contributed by atoms with Gasteiger partial charge in [-0.3, -0.25) is 4.79 Å². The summed E-state index contributed by atoms with van der Waals surface area (Å²) < 4.78 is 0. The van der Waals surface area contributed by atoms with Gasteiger partial charge in [-0.15, -0.1) is 0 Å². The van der Waals surface area contributed by atoms with Gasteiger partial charge in [0, 0.05) is 12.6 Å². The lowest BCUT2D eigenvalue weighted by Gasteiger charge is -2.20. The molecule has 3 unspecified atom stereocenters. The minimum atomic E-state index is -0.804. The molecule has 116 valence electrons. The van der Waals surface area contributed by atoms with Gasteiger partial charge in [-0.1, -0.05) is 39.5 Å². The Kier molecular flexibility index (Phi) is 7.41. The van der Waals surface area contributed by atoms with E-state index in [0.717, 1.165) is 25.7 Å². The maximum absolute atomic E-state index is 11.8. The van der Waals surface area contributed by atoms with Crippen LogP contribution in [0.4, 0.5) is 4.79 Å². The molecule has 0 radical (unpaired) electrons. The average Bonchev–Trinajstić information content (AvgIpc) is 2.87. The van der Waals surface area contributed by atoms with Gasteiger partial charge in [0.05, 0.1) is 5.92 Å². The molecule has 5 heteroatoms. The van der Waals surface area contributed by atoms with Crippen molar-refractivity contribution in [3.05, 3.63) is 0 Å². The molecule has 0 aromatic rings. The first-order valence-corrected chi connectivity index (χ1v) is 7.85. The Labute approximate surface area is 121 Å². The highest BCUT2D eigenvalue weighted by Crippen LogP contribution is 2.25. The summed E-state index contributed by atoms with van der Waals surface area (Å²) in [5.74, 6) is -0.718. The van der Waals surface area contributed by atoms with Crippen LogP contribution in [0.5, 0.6) is 0 Å². The SMILES string of the molecule is CCCCC(CC)CNC(=O)NC1CCCC1C(=O)O. The summed E-state index contributed by atoms with van der Waals surface area (Å²) in [6.45, 7) is 4.98. The van der Waals surface area contributed by atoms with Crippen LogP contribution in [-0.4, -0.2) is 29.7 Å². The fourth-order valence-electron chi connectivity index (χ4n) is 2.83. The summed E-state index contributed by atoms with van der Waals surface area (Å²) in [6.07, 6.45) is 6.84. The lowest BCUT2D eigenvalue weighted by molar-refractivity contribution is -0.142. The van der Waals surface area contributed by atoms with Crippen molar-refractivity contribution >= 4 is 12.0 Å². The Bertz CT molecular complexity index is 320. The van der Waals surface area contributed by atoms with Gasteiger partial charge in [-0.05, 0) is 25.2 Å². The van der Waals surface area contributed by atoms with E-state index in [1.165, 1.54) is 12.8 Å². The van der Waals surface area contributed by atoms with Crippen LogP contribution in [0.1, 0.15) is 58.8 Å². The molecule has 3 N–H and O–H groups in total. The van der Waals surface area contributed by atoms with Gasteiger partial charge in [0.1, 0.15) is 0 Å². The van der Waals surface area contributed by atoms with E-state index in [2.05, 4.69) is 24.5 Å². The summed E-state index contributed by atoms with van der Waals surface area (Å²) in [7, 11) is 0. The quantitative estimate of drug-likeness (QED) is 0.641. The maximum Gasteiger partial charge on any atom is 0.315 e. The first kappa shape index (κ1) is 16.8. The highest BCUT2D eigenvalue weighted by Gasteiger charge is 2.33. The lowest BCUT2D eigenvalue weighted by atomic mass is 9.99. The topological polar surface area (TPSA) is 78.4 Å². The molecule has 5 nitrogen and oxygen atoms in total. The molecule has 0 spiro atoms. The Hall–Kier alpha value is -1.26. The van der Waals surface area contributed by atoms with Crippen molar-refractivity contribution in [1.29, 1.82) is 0 Å². The van der Waals surface area contributed by atoms with Crippen molar-refractivity contribution in [3.63, 3.8) is 0 Å². The molecule has 0 aromatic heterocycles. The zero-order valence-corrected chi connectivity index (χ0v) is 12.7. The van der Waals surface area contributed by atoms with Gasteiger partial charge in [-0.25, -0.2) is 4.79 Å². The number of carbonyl (C=O) groups is 2. The molecule has 20 heavy (non-hydrogen) atoms. The molecule has 2 amide bonds. The van der Waals surface area contributed by atoms with Gasteiger partial charge in [-0.2, -0.15) is 0 Å². The monoisotopic (exact) mass is 284 g/mol. The van der Waals surface area contributed by atoms with E-state index in [1.807, 2.05) is 0 Å². The number of carboxylic acid groups (broad SMARTS) is 1. The molecule has 1 aliphatic carbocycles. The molecule has 1 rings (SSSR count). The van der Waals surface area contributed by atoms with E-state index in [1.54, 1.807) is 0 Å². The summed E-state index contributed by atoms with van der Waals surface area (Å²) >= 11 is 0. The fraction of sp³-hybridized carbons (Fsp3) is 0.867. The first-order valence-electron chi connectivity index (χ1n) is 7.85. The van der Waals surface area contributed by atoms with Gasteiger partial charge in [0.15, 0.2) is 0 Å². The number of amides is 2. The molecule has 1 fully saturated rings. The van der Waals surface area contributed by atoms with Crippen LogP contribution in [-0.2, 0) is 4.79 Å². The third-order valence-electron chi connectivity index (χ3n) is 4.24. The van der Waals surface area contributed by atoms with E-state index >= 15 is 0 Å². The van der Waals surface area contributed by atoms with Crippen LogP contribution in [0.15, 0.2) is 0 Å². The van der Waals surface area contributed by atoms with Crippen LogP contribution in [0.2, 0.25) is 0 Å². The second-order valence-electron chi connectivity index (χ2n) is 5.75. The van der Waals surface area contributed by atoms with Crippen molar-refractivity contribution < 1.29 is 14.7 Å². The van der Waals surface area contributed by atoms with E-state index in [-0.39, 0.29) is 12.1 Å². The van der Waals surface area contributed by atoms with Gasteiger partial charge < -0.3 is 15.7 Å². The molecule has 0 saturated heterocycles. The zero-order chi connectivity index (χ0) is 15.0. The molecular formula is C15H28N2O3. The van der Waals surface area contributed by atoms with Crippen molar-refractivity contribution in [2.75, 3.05) is 6.54 Å². The average molecular weight is 284 g/mol. The molecule has 0 aromatic carbocycles. The number of aliphatic carboxylic acids is 1. The van der Waals surface area contributed by atoms with Gasteiger partial charge >= 0.3 is 12.0 Å². The van der Waals surface area contributed by atoms with E-state index in [4.69, 9.17) is 5.11 Å². The Balaban J connectivity index is 2.30. The Morgan fingerprint density at radius 2 is 2.05 bits per heavy atom. The van der Waals surface area contributed by atoms with Crippen molar-refractivity contribution in [2.24, 2.45) is 11.8 Å². The molecule has 1 aliphatic rings. The number of unbranched alkanes of at least 4 members (excludes halogenated alkanes) is 1. The number of rotatable bonds is 8. The molecule has 0 aliphatic heterocycles. The molecule has 3 atom stereocenters. The Morgan fingerprint density at radius 3 is 2.65 bits per heavy atom. The van der Waals surface area contributed by atoms with E-state index in [0.29, 0.717) is 18.9 Å². The van der Waals surface area contributed by atoms with Crippen molar-refractivity contribution in [2.45, 2.75) is 64.8 Å². The van der Waals surface area contributed by atoms with Crippen LogP contribution >= 0.6 is 0 Å². The summed E-state index contributed by atoms with van der Waals surface area (Å²) in [6, 6.07) is -0.443. The van der Waals surface area contributed by atoms with Crippen molar-refractivity contribution in [3.8, 4) is 0 Å². The number of carbonyl (C=O) groups excluding carboxylic acids is 1. The predicted molar refractivity (Wildman–Crippen MR) is 78.6 cm³/mol. The summed E-state index contributed by atoms with van der Waals surface area (Å²) in [5.41, 5.74) is 0. The van der Waals surface area contributed by atoms with E-state index in [9.17, 15) is 9.59 Å². The van der Waals surface area contributed by atoms with Crippen LogP contribution in [0, 0.1) is 11.8 Å².